The quantitative estimate of drug-likeness (QED) is 0.250. The molecular weight excluding hydrogens is 456 g/mol. The first-order valence-corrected chi connectivity index (χ1v) is 12.9. The third-order valence-corrected chi connectivity index (χ3v) is 7.97. The summed E-state index contributed by atoms with van der Waals surface area (Å²) in [5.41, 5.74) is 4.59. The molecule has 0 unspecified atom stereocenters. The summed E-state index contributed by atoms with van der Waals surface area (Å²) >= 11 is 1.83. The lowest BCUT2D eigenvalue weighted by Crippen LogP contribution is -2.11. The van der Waals surface area contributed by atoms with Crippen molar-refractivity contribution in [3.05, 3.63) is 134 Å². The van der Waals surface area contributed by atoms with Gasteiger partial charge in [0.05, 0.1) is 4.70 Å². The minimum atomic E-state index is 0.955. The molecule has 0 N–H and O–H groups in total. The van der Waals surface area contributed by atoms with E-state index in [1.807, 2.05) is 17.5 Å². The molecule has 2 heterocycles. The lowest BCUT2D eigenvalue weighted by Gasteiger charge is -2.25. The van der Waals surface area contributed by atoms with E-state index in [9.17, 15) is 0 Å². The lowest BCUT2D eigenvalue weighted by molar-refractivity contribution is 1.20. The fourth-order valence-corrected chi connectivity index (χ4v) is 6.29. The zero-order chi connectivity index (χ0) is 23.9. The minimum Gasteiger partial charge on any atom is -0.294 e. The Morgan fingerprint density at radius 2 is 1.11 bits per heavy atom. The number of nitrogens with zero attached hydrogens (tertiary/aromatic N) is 2. The highest BCUT2D eigenvalue weighted by molar-refractivity contribution is 7.27. The summed E-state index contributed by atoms with van der Waals surface area (Å²) in [6.45, 7) is 0. The largest absolute Gasteiger partial charge is 0.294 e. The van der Waals surface area contributed by atoms with E-state index in [4.69, 9.17) is 4.98 Å². The Balaban J connectivity index is 1.45. The Hall–Kier alpha value is -4.47. The third kappa shape index (κ3) is 3.44. The monoisotopic (exact) mass is 478 g/mol. The van der Waals surface area contributed by atoms with Gasteiger partial charge < -0.3 is 0 Å². The highest BCUT2D eigenvalue weighted by Gasteiger charge is 2.19. The van der Waals surface area contributed by atoms with Gasteiger partial charge in [-0.15, -0.1) is 11.3 Å². The molecule has 5 aromatic carbocycles. The number of fused-ring (bicyclic) bond motifs is 5. The van der Waals surface area contributed by atoms with Gasteiger partial charge in [-0.1, -0.05) is 97.1 Å². The smallest absolute Gasteiger partial charge is 0.155 e. The average molecular weight is 479 g/mol. The van der Waals surface area contributed by atoms with Gasteiger partial charge in [-0.3, -0.25) is 4.90 Å². The molecule has 0 saturated carbocycles. The maximum absolute atomic E-state index is 4.95. The van der Waals surface area contributed by atoms with Gasteiger partial charge in [0, 0.05) is 33.0 Å². The van der Waals surface area contributed by atoms with Crippen molar-refractivity contribution in [2.75, 3.05) is 4.90 Å². The second-order valence-corrected chi connectivity index (χ2v) is 9.88. The molecule has 2 aromatic heterocycles. The van der Waals surface area contributed by atoms with Crippen molar-refractivity contribution >= 4 is 59.5 Å². The summed E-state index contributed by atoms with van der Waals surface area (Å²) in [6, 6.07) is 45.0. The molecule has 0 spiro atoms. The molecule has 0 bridgehead atoms. The van der Waals surface area contributed by atoms with Gasteiger partial charge in [-0.05, 0) is 52.2 Å². The number of aromatic nitrogens is 1. The van der Waals surface area contributed by atoms with Crippen LogP contribution in [0.5, 0.6) is 0 Å². The van der Waals surface area contributed by atoms with Crippen LogP contribution in [0.3, 0.4) is 0 Å². The van der Waals surface area contributed by atoms with Crippen molar-refractivity contribution in [1.29, 1.82) is 0 Å². The zero-order valence-corrected chi connectivity index (χ0v) is 20.3. The van der Waals surface area contributed by atoms with Crippen LogP contribution in [0.25, 0.3) is 42.1 Å². The number of anilines is 3. The summed E-state index contributed by atoms with van der Waals surface area (Å²) in [7, 11) is 0. The Labute approximate surface area is 213 Å². The molecule has 2 nitrogen and oxygen atoms in total. The first kappa shape index (κ1) is 20.9. The molecular formula is C33H22N2S. The van der Waals surface area contributed by atoms with Crippen LogP contribution in [0.4, 0.5) is 17.2 Å². The summed E-state index contributed by atoms with van der Waals surface area (Å²) in [5.74, 6) is 0.955. The van der Waals surface area contributed by atoms with Crippen molar-refractivity contribution in [3.8, 4) is 11.1 Å². The molecule has 7 rings (SSSR count). The molecule has 0 saturated heterocycles. The molecule has 0 fully saturated rings. The van der Waals surface area contributed by atoms with Crippen molar-refractivity contribution in [3.63, 3.8) is 0 Å². The number of pyridine rings is 1. The highest BCUT2D eigenvalue weighted by atomic mass is 32.1. The van der Waals surface area contributed by atoms with E-state index in [2.05, 4.69) is 132 Å². The third-order valence-electron chi connectivity index (χ3n) is 6.72. The summed E-state index contributed by atoms with van der Waals surface area (Å²) < 4.78 is 2.50. The lowest BCUT2D eigenvalue weighted by atomic mass is 10.0. The van der Waals surface area contributed by atoms with Crippen molar-refractivity contribution < 1.29 is 0 Å². The Morgan fingerprint density at radius 3 is 1.92 bits per heavy atom. The molecule has 0 aliphatic carbocycles. The van der Waals surface area contributed by atoms with Crippen molar-refractivity contribution in [2.24, 2.45) is 0 Å². The van der Waals surface area contributed by atoms with E-state index in [0.29, 0.717) is 0 Å². The molecule has 0 amide bonds. The van der Waals surface area contributed by atoms with Crippen LogP contribution in [-0.4, -0.2) is 4.98 Å². The van der Waals surface area contributed by atoms with E-state index in [1.54, 1.807) is 0 Å². The number of para-hydroxylation sites is 1. The molecule has 36 heavy (non-hydrogen) atoms. The van der Waals surface area contributed by atoms with E-state index < -0.39 is 0 Å². The van der Waals surface area contributed by atoms with Gasteiger partial charge in [0.2, 0.25) is 0 Å². The van der Waals surface area contributed by atoms with Crippen LogP contribution in [0.2, 0.25) is 0 Å². The Morgan fingerprint density at radius 1 is 0.472 bits per heavy atom. The summed E-state index contributed by atoms with van der Waals surface area (Å²) in [4.78, 5) is 7.22. The van der Waals surface area contributed by atoms with Crippen molar-refractivity contribution in [2.45, 2.75) is 0 Å². The van der Waals surface area contributed by atoms with Gasteiger partial charge >= 0.3 is 0 Å². The maximum atomic E-state index is 4.95. The fraction of sp³-hybridized carbons (Fsp3) is 0. The Bertz CT molecular complexity index is 1820. The topological polar surface area (TPSA) is 16.1 Å². The predicted octanol–water partition coefficient (Wildman–Crippen LogP) is 9.74. The van der Waals surface area contributed by atoms with E-state index >= 15 is 0 Å². The van der Waals surface area contributed by atoms with Crippen LogP contribution >= 0.6 is 11.3 Å². The second-order valence-electron chi connectivity index (χ2n) is 8.86. The summed E-state index contributed by atoms with van der Waals surface area (Å²) in [5, 5.41) is 5.08. The van der Waals surface area contributed by atoms with Crippen LogP contribution in [-0.2, 0) is 0 Å². The number of benzene rings is 5. The summed E-state index contributed by atoms with van der Waals surface area (Å²) in [6.07, 6.45) is 1.94. The van der Waals surface area contributed by atoms with E-state index in [0.717, 1.165) is 17.2 Å². The number of hydrogen-bond acceptors (Lipinski definition) is 3. The van der Waals surface area contributed by atoms with Crippen LogP contribution < -0.4 is 4.90 Å². The molecule has 7 aromatic rings. The number of rotatable bonds is 4. The molecule has 3 heteroatoms. The van der Waals surface area contributed by atoms with E-state index in [-0.39, 0.29) is 0 Å². The molecule has 0 radical (unpaired) electrons. The highest BCUT2D eigenvalue weighted by Crippen LogP contribution is 2.45. The van der Waals surface area contributed by atoms with Crippen LogP contribution in [0.15, 0.2) is 134 Å². The SMILES string of the molecule is c1ccc(-c2ccc(N(c3ccccc3)c3nccc4c3sc3c5ccccc5ccc43)cc2)cc1. The maximum Gasteiger partial charge on any atom is 0.155 e. The number of hydrogen-bond donors (Lipinski definition) is 0. The van der Waals surface area contributed by atoms with Gasteiger partial charge in [0.15, 0.2) is 5.82 Å². The van der Waals surface area contributed by atoms with Crippen LogP contribution in [0, 0.1) is 0 Å². The predicted molar refractivity (Wildman–Crippen MR) is 155 cm³/mol. The second kappa shape index (κ2) is 8.63. The normalized spacial score (nSPS) is 11.3. The first-order chi connectivity index (χ1) is 17.9. The minimum absolute atomic E-state index is 0.955. The van der Waals surface area contributed by atoms with Crippen molar-refractivity contribution in [1.82, 2.24) is 4.98 Å². The van der Waals surface area contributed by atoms with Gasteiger partial charge in [0.1, 0.15) is 0 Å². The van der Waals surface area contributed by atoms with E-state index in [1.165, 1.54) is 42.1 Å². The number of thiophene rings is 1. The van der Waals surface area contributed by atoms with Gasteiger partial charge in [-0.2, -0.15) is 0 Å². The molecule has 0 aliphatic rings. The first-order valence-electron chi connectivity index (χ1n) is 12.1. The average Bonchev–Trinajstić information content (AvgIpc) is 3.35. The zero-order valence-electron chi connectivity index (χ0n) is 19.5. The standard InChI is InChI=1S/C33H22N2S/c1-3-9-23(10-4-1)24-15-18-27(19-16-24)35(26-12-5-2-6-13-26)33-32-30(21-22-34-33)29-20-17-25-11-7-8-14-28(25)31(29)36-32/h1-22H. The molecule has 0 aliphatic heterocycles. The Kier molecular flexibility index (Phi) is 5.00. The fourth-order valence-electron chi connectivity index (χ4n) is 4.98. The van der Waals surface area contributed by atoms with Gasteiger partial charge in [-0.25, -0.2) is 4.98 Å². The van der Waals surface area contributed by atoms with Gasteiger partial charge in [0.25, 0.3) is 0 Å². The molecule has 170 valence electrons. The van der Waals surface area contributed by atoms with Crippen LogP contribution in [0.1, 0.15) is 0 Å². The molecule has 0 atom stereocenters.